The van der Waals surface area contributed by atoms with Crippen LogP contribution in [0.3, 0.4) is 0 Å². The second-order valence-electron chi connectivity index (χ2n) is 6.11. The molecule has 8 nitrogen and oxygen atoms in total. The molecule has 0 spiro atoms. The van der Waals surface area contributed by atoms with Crippen LogP contribution in [-0.2, 0) is 19.4 Å². The lowest BCUT2D eigenvalue weighted by atomic mass is 9.95. The van der Waals surface area contributed by atoms with E-state index >= 15 is 0 Å². The zero-order valence-electron chi connectivity index (χ0n) is 15.8. The van der Waals surface area contributed by atoms with Crippen LogP contribution < -0.4 is 15.4 Å². The van der Waals surface area contributed by atoms with Gasteiger partial charge in [0.1, 0.15) is 9.96 Å². The lowest BCUT2D eigenvalue weighted by Gasteiger charge is -2.29. The second kappa shape index (κ2) is 8.66. The molecule has 0 saturated carbocycles. The minimum absolute atomic E-state index is 0.00609. The SMILES string of the molecule is CCOC(=O)C1=C(CS(=O)(=O)c2cccs2)NC(=O)NC1c1cccc(OC)c1. The largest absolute Gasteiger partial charge is 0.497 e. The minimum Gasteiger partial charge on any atom is -0.497 e. The number of nitrogens with one attached hydrogen (secondary N) is 2. The number of amides is 2. The summed E-state index contributed by atoms with van der Waals surface area (Å²) < 4.78 is 36.1. The molecule has 2 heterocycles. The molecule has 0 bridgehead atoms. The summed E-state index contributed by atoms with van der Waals surface area (Å²) in [7, 11) is -2.25. The molecule has 3 rings (SSSR count). The summed E-state index contributed by atoms with van der Waals surface area (Å²) in [5.41, 5.74) is 0.599. The number of esters is 1. The van der Waals surface area contributed by atoms with E-state index in [1.54, 1.807) is 42.6 Å². The van der Waals surface area contributed by atoms with Gasteiger partial charge in [0.25, 0.3) is 0 Å². The first-order chi connectivity index (χ1) is 13.9. The van der Waals surface area contributed by atoms with Crippen LogP contribution in [-0.4, -0.2) is 39.9 Å². The van der Waals surface area contributed by atoms with Gasteiger partial charge in [-0.15, -0.1) is 11.3 Å². The van der Waals surface area contributed by atoms with Gasteiger partial charge in [-0.3, -0.25) is 0 Å². The highest BCUT2D eigenvalue weighted by Crippen LogP contribution is 2.31. The summed E-state index contributed by atoms with van der Waals surface area (Å²) in [6, 6.07) is 8.43. The van der Waals surface area contributed by atoms with Crippen molar-refractivity contribution in [1.82, 2.24) is 10.6 Å². The molecule has 1 unspecified atom stereocenters. The summed E-state index contributed by atoms with van der Waals surface area (Å²) in [5, 5.41) is 6.79. The van der Waals surface area contributed by atoms with Crippen molar-refractivity contribution in [3.05, 3.63) is 58.6 Å². The maximum Gasteiger partial charge on any atom is 0.338 e. The highest BCUT2D eigenvalue weighted by Gasteiger charge is 2.36. The van der Waals surface area contributed by atoms with E-state index < -0.39 is 33.6 Å². The molecule has 1 aromatic carbocycles. The van der Waals surface area contributed by atoms with Crippen LogP contribution in [0.2, 0.25) is 0 Å². The molecule has 0 fully saturated rings. The van der Waals surface area contributed by atoms with Crippen LogP contribution in [0.4, 0.5) is 4.79 Å². The van der Waals surface area contributed by atoms with E-state index in [2.05, 4.69) is 10.6 Å². The average molecular weight is 437 g/mol. The molecule has 1 atom stereocenters. The van der Waals surface area contributed by atoms with Crippen molar-refractivity contribution in [2.24, 2.45) is 0 Å². The summed E-state index contributed by atoms with van der Waals surface area (Å²) in [5.74, 6) is -0.703. The standard InChI is InChI=1S/C19H20N2O6S2/c1-3-27-18(22)16-14(11-29(24,25)15-8-5-9-28-15)20-19(23)21-17(16)12-6-4-7-13(10-12)26-2/h4-10,17H,3,11H2,1-2H3,(H2,20,21,23). The summed E-state index contributed by atoms with van der Waals surface area (Å²) >= 11 is 1.07. The Kier molecular flexibility index (Phi) is 6.23. The van der Waals surface area contributed by atoms with Gasteiger partial charge in [-0.25, -0.2) is 18.0 Å². The minimum atomic E-state index is -3.75. The molecule has 0 aliphatic carbocycles. The average Bonchev–Trinajstić information content (AvgIpc) is 3.23. The maximum atomic E-state index is 12.8. The van der Waals surface area contributed by atoms with Gasteiger partial charge in [0, 0.05) is 5.70 Å². The molecule has 1 aliphatic heterocycles. The van der Waals surface area contributed by atoms with Gasteiger partial charge in [0.05, 0.1) is 31.1 Å². The Labute approximate surface area is 172 Å². The Morgan fingerprint density at radius 2 is 2.03 bits per heavy atom. The van der Waals surface area contributed by atoms with Gasteiger partial charge in [-0.1, -0.05) is 18.2 Å². The van der Waals surface area contributed by atoms with Crippen LogP contribution >= 0.6 is 11.3 Å². The Morgan fingerprint density at radius 1 is 1.24 bits per heavy atom. The number of carbonyl (C=O) groups is 2. The van der Waals surface area contributed by atoms with Gasteiger partial charge in [0.15, 0.2) is 9.84 Å². The van der Waals surface area contributed by atoms with Crippen LogP contribution in [0.1, 0.15) is 18.5 Å². The molecule has 1 aliphatic rings. The fraction of sp³-hybridized carbons (Fsp3) is 0.263. The fourth-order valence-electron chi connectivity index (χ4n) is 2.95. The zero-order valence-corrected chi connectivity index (χ0v) is 17.4. The van der Waals surface area contributed by atoms with Gasteiger partial charge in [-0.2, -0.15) is 0 Å². The highest BCUT2D eigenvalue weighted by molar-refractivity contribution is 7.93. The summed E-state index contributed by atoms with van der Waals surface area (Å²) in [6.07, 6.45) is 0. The molecule has 0 radical (unpaired) electrons. The fourth-order valence-corrected chi connectivity index (χ4v) is 5.37. The Hall–Kier alpha value is -2.85. The smallest absolute Gasteiger partial charge is 0.338 e. The number of methoxy groups -OCH3 is 1. The number of hydrogen-bond acceptors (Lipinski definition) is 7. The van der Waals surface area contributed by atoms with E-state index in [0.717, 1.165) is 11.3 Å². The lowest BCUT2D eigenvalue weighted by Crippen LogP contribution is -2.47. The first kappa shape index (κ1) is 20.9. The molecule has 1 aromatic heterocycles. The van der Waals surface area contributed by atoms with Crippen LogP contribution in [0.5, 0.6) is 5.75 Å². The molecule has 10 heteroatoms. The van der Waals surface area contributed by atoms with Crippen molar-refractivity contribution < 1.29 is 27.5 Å². The normalized spacial score (nSPS) is 16.8. The van der Waals surface area contributed by atoms with E-state index in [1.165, 1.54) is 13.2 Å². The van der Waals surface area contributed by atoms with E-state index in [4.69, 9.17) is 9.47 Å². The Bertz CT molecular complexity index is 1040. The monoisotopic (exact) mass is 436 g/mol. The van der Waals surface area contributed by atoms with Gasteiger partial charge in [0.2, 0.25) is 0 Å². The topological polar surface area (TPSA) is 111 Å². The highest BCUT2D eigenvalue weighted by atomic mass is 32.2. The van der Waals surface area contributed by atoms with Crippen molar-refractivity contribution in [3.63, 3.8) is 0 Å². The van der Waals surface area contributed by atoms with E-state index in [-0.39, 0.29) is 22.1 Å². The number of hydrogen-bond donors (Lipinski definition) is 2. The number of thiophene rings is 1. The quantitative estimate of drug-likeness (QED) is 0.645. The third-order valence-corrected chi connectivity index (χ3v) is 7.34. The number of carbonyl (C=O) groups excluding carboxylic acids is 2. The number of sulfone groups is 1. The van der Waals surface area contributed by atoms with Gasteiger partial charge < -0.3 is 20.1 Å². The van der Waals surface area contributed by atoms with Crippen molar-refractivity contribution in [2.75, 3.05) is 19.5 Å². The molecular weight excluding hydrogens is 416 g/mol. The van der Waals surface area contributed by atoms with Crippen LogP contribution in [0.15, 0.2) is 57.3 Å². The molecule has 2 amide bonds. The predicted octanol–water partition coefficient (Wildman–Crippen LogP) is 2.40. The molecule has 2 N–H and O–H groups in total. The zero-order chi connectivity index (χ0) is 21.0. The third kappa shape index (κ3) is 4.60. The summed E-state index contributed by atoms with van der Waals surface area (Å²) in [6.45, 7) is 1.75. The van der Waals surface area contributed by atoms with Crippen molar-refractivity contribution in [2.45, 2.75) is 17.2 Å². The number of benzene rings is 1. The first-order valence-electron chi connectivity index (χ1n) is 8.73. The van der Waals surface area contributed by atoms with Crippen molar-refractivity contribution in [1.29, 1.82) is 0 Å². The number of ether oxygens (including phenoxy) is 2. The lowest BCUT2D eigenvalue weighted by molar-refractivity contribution is -0.139. The predicted molar refractivity (Wildman–Crippen MR) is 107 cm³/mol. The van der Waals surface area contributed by atoms with E-state index in [1.807, 2.05) is 0 Å². The van der Waals surface area contributed by atoms with Gasteiger partial charge >= 0.3 is 12.0 Å². The molecule has 154 valence electrons. The molecule has 29 heavy (non-hydrogen) atoms. The first-order valence-corrected chi connectivity index (χ1v) is 11.3. The molecule has 0 saturated heterocycles. The van der Waals surface area contributed by atoms with Gasteiger partial charge in [-0.05, 0) is 36.1 Å². The van der Waals surface area contributed by atoms with Crippen molar-refractivity contribution in [3.8, 4) is 5.75 Å². The Morgan fingerprint density at radius 3 is 2.69 bits per heavy atom. The third-order valence-electron chi connectivity index (χ3n) is 4.21. The maximum absolute atomic E-state index is 12.8. The van der Waals surface area contributed by atoms with E-state index in [9.17, 15) is 18.0 Å². The number of urea groups is 1. The Balaban J connectivity index is 2.10. The second-order valence-corrected chi connectivity index (χ2v) is 9.28. The van der Waals surface area contributed by atoms with Crippen LogP contribution in [0, 0.1) is 0 Å². The van der Waals surface area contributed by atoms with E-state index in [0.29, 0.717) is 11.3 Å². The molecule has 2 aromatic rings. The van der Waals surface area contributed by atoms with Crippen LogP contribution in [0.25, 0.3) is 0 Å². The molecular formula is C19H20N2O6S2. The number of rotatable bonds is 7. The summed E-state index contributed by atoms with van der Waals surface area (Å²) in [4.78, 5) is 25.0. The van der Waals surface area contributed by atoms with Crippen molar-refractivity contribution >= 4 is 33.2 Å².